The molecule has 1 saturated heterocycles. The normalized spacial score (nSPS) is 15.0. The van der Waals surface area contributed by atoms with Crippen LogP contribution in [0.4, 0.5) is 11.5 Å². The molecule has 2 heterocycles. The number of amides is 1. The number of carbonyl (C=O) groups excluding carboxylic acids is 1. The lowest BCUT2D eigenvalue weighted by atomic mass is 10.1. The molecule has 9 heteroatoms. The predicted molar refractivity (Wildman–Crippen MR) is 107 cm³/mol. The first-order valence-electron chi connectivity index (χ1n) is 8.55. The van der Waals surface area contributed by atoms with Gasteiger partial charge in [0.15, 0.2) is 0 Å². The van der Waals surface area contributed by atoms with Gasteiger partial charge in [-0.25, -0.2) is 13.4 Å². The van der Waals surface area contributed by atoms with Crippen molar-refractivity contribution in [1.29, 1.82) is 0 Å². The van der Waals surface area contributed by atoms with Crippen LogP contribution in [0.25, 0.3) is 0 Å². The second-order valence-corrected chi connectivity index (χ2v) is 8.24. The number of nitrogen functional groups attached to an aromatic ring is 1. The number of benzene rings is 1. The molecule has 0 spiro atoms. The van der Waals surface area contributed by atoms with Crippen molar-refractivity contribution in [3.63, 3.8) is 0 Å². The fourth-order valence-electron chi connectivity index (χ4n) is 2.90. The minimum absolute atomic E-state index is 0. The summed E-state index contributed by atoms with van der Waals surface area (Å²) in [5.41, 5.74) is 6.81. The summed E-state index contributed by atoms with van der Waals surface area (Å²) < 4.78 is 26.8. The van der Waals surface area contributed by atoms with Crippen molar-refractivity contribution in [2.75, 3.05) is 24.1 Å². The number of pyridine rings is 1. The van der Waals surface area contributed by atoms with Crippen molar-refractivity contribution in [3.05, 3.63) is 48.2 Å². The fourth-order valence-corrected chi connectivity index (χ4v) is 4.42. The van der Waals surface area contributed by atoms with Crippen molar-refractivity contribution >= 4 is 39.8 Å². The van der Waals surface area contributed by atoms with Crippen LogP contribution in [-0.2, 0) is 21.2 Å². The quantitative estimate of drug-likeness (QED) is 0.787. The minimum Gasteiger partial charge on any atom is -0.384 e. The maximum absolute atomic E-state index is 12.6. The number of aromatic nitrogens is 1. The zero-order valence-electron chi connectivity index (χ0n) is 14.8. The monoisotopic (exact) mass is 410 g/mol. The lowest BCUT2D eigenvalue weighted by Gasteiger charge is -2.25. The van der Waals surface area contributed by atoms with Crippen LogP contribution in [0.5, 0.6) is 0 Å². The Balaban J connectivity index is 0.00000261. The van der Waals surface area contributed by atoms with Gasteiger partial charge in [-0.3, -0.25) is 4.79 Å². The zero-order chi connectivity index (χ0) is 18.6. The van der Waals surface area contributed by atoms with Gasteiger partial charge in [0.2, 0.25) is 15.9 Å². The summed E-state index contributed by atoms with van der Waals surface area (Å²) in [6.45, 7) is 1.14. The van der Waals surface area contributed by atoms with Crippen molar-refractivity contribution < 1.29 is 13.2 Å². The number of sulfonamides is 1. The lowest BCUT2D eigenvalue weighted by molar-refractivity contribution is -0.115. The molecule has 1 aromatic carbocycles. The van der Waals surface area contributed by atoms with Crippen molar-refractivity contribution in [2.24, 2.45) is 0 Å². The molecule has 1 amide bonds. The molecule has 1 aromatic heterocycles. The van der Waals surface area contributed by atoms with E-state index in [1.807, 2.05) is 0 Å². The number of halogens is 1. The Morgan fingerprint density at radius 3 is 2.33 bits per heavy atom. The Morgan fingerprint density at radius 2 is 1.74 bits per heavy atom. The smallest absolute Gasteiger partial charge is 0.243 e. The Kier molecular flexibility index (Phi) is 7.18. The second kappa shape index (κ2) is 9.16. The van der Waals surface area contributed by atoms with Crippen LogP contribution in [0.15, 0.2) is 47.5 Å². The van der Waals surface area contributed by atoms with Gasteiger partial charge in [0, 0.05) is 13.1 Å². The number of hydrogen-bond donors (Lipinski definition) is 2. The van der Waals surface area contributed by atoms with Gasteiger partial charge in [-0.15, -0.1) is 12.4 Å². The van der Waals surface area contributed by atoms with Gasteiger partial charge in [-0.1, -0.05) is 18.6 Å². The standard InChI is InChI=1S/C18H22N4O3S.ClH/c19-17-9-6-15(13-20-17)21-18(23)12-14-4-7-16(8-5-14)26(24,25)22-10-2-1-3-11-22;/h4-9,13H,1-3,10-12H2,(H2,19,20)(H,21,23);1H. The summed E-state index contributed by atoms with van der Waals surface area (Å²) >= 11 is 0. The molecule has 27 heavy (non-hydrogen) atoms. The molecular formula is C18H23ClN4O3S. The zero-order valence-corrected chi connectivity index (χ0v) is 16.4. The average molecular weight is 411 g/mol. The third kappa shape index (κ3) is 5.41. The number of hydrogen-bond acceptors (Lipinski definition) is 5. The van der Waals surface area contributed by atoms with E-state index < -0.39 is 10.0 Å². The molecule has 1 fully saturated rings. The molecule has 146 valence electrons. The number of rotatable bonds is 5. The molecule has 0 unspecified atom stereocenters. The third-order valence-corrected chi connectivity index (χ3v) is 6.22. The van der Waals surface area contributed by atoms with Crippen LogP contribution >= 0.6 is 12.4 Å². The van der Waals surface area contributed by atoms with Gasteiger partial charge in [0.1, 0.15) is 5.82 Å². The van der Waals surface area contributed by atoms with Crippen molar-refractivity contribution in [1.82, 2.24) is 9.29 Å². The van der Waals surface area contributed by atoms with E-state index in [1.54, 1.807) is 36.4 Å². The van der Waals surface area contributed by atoms with Crippen molar-refractivity contribution in [2.45, 2.75) is 30.6 Å². The Hall–Kier alpha value is -2.16. The molecule has 3 N–H and O–H groups in total. The number of nitrogens with one attached hydrogen (secondary N) is 1. The van der Waals surface area contributed by atoms with Gasteiger partial charge in [0.05, 0.1) is 23.2 Å². The first-order chi connectivity index (χ1) is 12.4. The van der Waals surface area contributed by atoms with Crippen LogP contribution in [-0.4, -0.2) is 36.7 Å². The fraction of sp³-hybridized carbons (Fsp3) is 0.333. The maximum Gasteiger partial charge on any atom is 0.243 e. The van der Waals surface area contributed by atoms with Crippen LogP contribution in [0.2, 0.25) is 0 Å². The van der Waals surface area contributed by atoms with Gasteiger partial charge in [-0.05, 0) is 42.7 Å². The Bertz CT molecular complexity index is 864. The van der Waals surface area contributed by atoms with Crippen molar-refractivity contribution in [3.8, 4) is 0 Å². The highest BCUT2D eigenvalue weighted by Crippen LogP contribution is 2.21. The number of nitrogens with two attached hydrogens (primary N) is 1. The highest BCUT2D eigenvalue weighted by molar-refractivity contribution is 7.89. The highest BCUT2D eigenvalue weighted by Gasteiger charge is 2.25. The molecule has 1 aliphatic heterocycles. The molecular weight excluding hydrogens is 388 g/mol. The van der Waals surface area contributed by atoms with Gasteiger partial charge < -0.3 is 11.1 Å². The average Bonchev–Trinajstić information content (AvgIpc) is 2.65. The van der Waals surface area contributed by atoms with E-state index >= 15 is 0 Å². The van der Waals surface area contributed by atoms with Gasteiger partial charge >= 0.3 is 0 Å². The van der Waals surface area contributed by atoms with E-state index in [4.69, 9.17) is 5.73 Å². The molecule has 3 rings (SSSR count). The van der Waals surface area contributed by atoms with E-state index in [2.05, 4.69) is 10.3 Å². The molecule has 0 aliphatic carbocycles. The molecule has 0 saturated carbocycles. The summed E-state index contributed by atoms with van der Waals surface area (Å²) in [5, 5.41) is 2.73. The molecule has 0 radical (unpaired) electrons. The van der Waals surface area contributed by atoms with E-state index in [-0.39, 0.29) is 29.6 Å². The Labute approximate surface area is 165 Å². The van der Waals surface area contributed by atoms with Crippen LogP contribution < -0.4 is 11.1 Å². The minimum atomic E-state index is -3.45. The second-order valence-electron chi connectivity index (χ2n) is 6.31. The van der Waals surface area contributed by atoms with E-state index in [9.17, 15) is 13.2 Å². The third-order valence-electron chi connectivity index (χ3n) is 4.31. The summed E-state index contributed by atoms with van der Waals surface area (Å²) in [5.74, 6) is 0.178. The first kappa shape index (κ1) is 21.1. The molecule has 2 aromatic rings. The summed E-state index contributed by atoms with van der Waals surface area (Å²) in [6.07, 6.45) is 4.51. The topological polar surface area (TPSA) is 105 Å². The van der Waals surface area contributed by atoms with E-state index in [0.717, 1.165) is 24.8 Å². The molecule has 0 atom stereocenters. The Morgan fingerprint density at radius 1 is 1.07 bits per heavy atom. The van der Waals surface area contributed by atoms with Crippen LogP contribution in [0.1, 0.15) is 24.8 Å². The summed E-state index contributed by atoms with van der Waals surface area (Å²) in [7, 11) is -3.45. The molecule has 1 aliphatic rings. The van der Waals surface area contributed by atoms with Gasteiger partial charge in [-0.2, -0.15) is 4.31 Å². The number of piperidine rings is 1. The first-order valence-corrected chi connectivity index (χ1v) is 9.99. The van der Waals surface area contributed by atoms with Crippen LogP contribution in [0.3, 0.4) is 0 Å². The van der Waals surface area contributed by atoms with Gasteiger partial charge in [0.25, 0.3) is 0 Å². The number of nitrogens with zero attached hydrogens (tertiary/aromatic N) is 2. The molecule has 7 nitrogen and oxygen atoms in total. The van der Waals surface area contributed by atoms with Crippen LogP contribution in [0, 0.1) is 0 Å². The summed E-state index contributed by atoms with van der Waals surface area (Å²) in [6, 6.07) is 9.77. The SMILES string of the molecule is Cl.Nc1ccc(NC(=O)Cc2ccc(S(=O)(=O)N3CCCCC3)cc2)cn1. The summed E-state index contributed by atoms with van der Waals surface area (Å²) in [4.78, 5) is 16.3. The van der Waals surface area contributed by atoms with E-state index in [1.165, 1.54) is 10.5 Å². The number of anilines is 2. The van der Waals surface area contributed by atoms with E-state index in [0.29, 0.717) is 24.6 Å². The number of carbonyl (C=O) groups is 1. The largest absolute Gasteiger partial charge is 0.384 e. The maximum atomic E-state index is 12.6. The predicted octanol–water partition coefficient (Wildman–Crippen LogP) is 2.44. The lowest BCUT2D eigenvalue weighted by Crippen LogP contribution is -2.35. The highest BCUT2D eigenvalue weighted by atomic mass is 35.5. The molecule has 0 bridgehead atoms.